The SMILES string of the molecule is CN(C)CCC[C@@](O)(C#Cc1ccc2c(c1)-c1nc(C(N)=O)sc1C(F)(F)CO2)C=O. The van der Waals surface area contributed by atoms with Crippen LogP contribution in [0.15, 0.2) is 18.2 Å². The Hall–Kier alpha value is -2.87. The number of hydrogen-bond donors (Lipinski definition) is 2. The average molecular weight is 449 g/mol. The molecule has 0 bridgehead atoms. The summed E-state index contributed by atoms with van der Waals surface area (Å²) in [5, 5.41) is 10.2. The van der Waals surface area contributed by atoms with Crippen LogP contribution in [0.4, 0.5) is 8.78 Å². The van der Waals surface area contributed by atoms with Crippen molar-refractivity contribution in [1.82, 2.24) is 9.88 Å². The zero-order chi connectivity index (χ0) is 22.8. The summed E-state index contributed by atoms with van der Waals surface area (Å²) in [6, 6.07) is 4.46. The number of benzene rings is 1. The first kappa shape index (κ1) is 22.8. The van der Waals surface area contributed by atoms with Gasteiger partial charge in [-0.2, -0.15) is 8.78 Å². The largest absolute Gasteiger partial charge is 0.486 e. The van der Waals surface area contributed by atoms with E-state index >= 15 is 0 Å². The Morgan fingerprint density at radius 3 is 2.87 bits per heavy atom. The molecule has 0 radical (unpaired) electrons. The molecular weight excluding hydrogens is 428 g/mol. The van der Waals surface area contributed by atoms with E-state index in [1.807, 2.05) is 19.0 Å². The van der Waals surface area contributed by atoms with Crippen LogP contribution >= 0.6 is 11.3 Å². The van der Waals surface area contributed by atoms with Crippen molar-refractivity contribution in [2.45, 2.75) is 24.4 Å². The van der Waals surface area contributed by atoms with E-state index in [-0.39, 0.29) is 28.4 Å². The van der Waals surface area contributed by atoms with Gasteiger partial charge in [0.2, 0.25) is 0 Å². The maximum atomic E-state index is 14.5. The number of primary amides is 1. The van der Waals surface area contributed by atoms with E-state index in [1.165, 1.54) is 18.2 Å². The molecule has 1 amide bonds. The number of fused-ring (bicyclic) bond motifs is 3. The van der Waals surface area contributed by atoms with Gasteiger partial charge in [0, 0.05) is 11.1 Å². The normalized spacial score (nSPS) is 16.1. The number of alkyl halides is 2. The first-order valence-corrected chi connectivity index (χ1v) is 10.2. The summed E-state index contributed by atoms with van der Waals surface area (Å²) < 4.78 is 34.3. The fourth-order valence-electron chi connectivity index (χ4n) is 3.00. The first-order chi connectivity index (χ1) is 14.5. The second kappa shape index (κ2) is 8.70. The second-order valence-corrected chi connectivity index (χ2v) is 8.46. The molecule has 31 heavy (non-hydrogen) atoms. The quantitative estimate of drug-likeness (QED) is 0.516. The molecule has 2 heterocycles. The number of amides is 1. The molecule has 0 saturated heterocycles. The van der Waals surface area contributed by atoms with Crippen molar-refractivity contribution in [3.8, 4) is 28.8 Å². The van der Waals surface area contributed by atoms with Crippen molar-refractivity contribution in [2.24, 2.45) is 5.73 Å². The Morgan fingerprint density at radius 2 is 2.23 bits per heavy atom. The molecular formula is C21H21F2N3O4S. The number of rotatable bonds is 6. The number of ether oxygens (including phenoxy) is 1. The van der Waals surface area contributed by atoms with Gasteiger partial charge in [0.1, 0.15) is 10.6 Å². The summed E-state index contributed by atoms with van der Waals surface area (Å²) in [7, 11) is 3.76. The van der Waals surface area contributed by atoms with Crippen LogP contribution < -0.4 is 10.5 Å². The zero-order valence-electron chi connectivity index (χ0n) is 16.9. The van der Waals surface area contributed by atoms with Gasteiger partial charge in [0.25, 0.3) is 5.91 Å². The van der Waals surface area contributed by atoms with Gasteiger partial charge in [-0.25, -0.2) is 4.98 Å². The highest BCUT2D eigenvalue weighted by Crippen LogP contribution is 2.46. The van der Waals surface area contributed by atoms with E-state index in [9.17, 15) is 23.5 Å². The zero-order valence-corrected chi connectivity index (χ0v) is 17.8. The molecule has 0 aliphatic carbocycles. The molecule has 0 spiro atoms. The summed E-state index contributed by atoms with van der Waals surface area (Å²) in [5.74, 6) is 1.18. The minimum absolute atomic E-state index is 0.100. The van der Waals surface area contributed by atoms with Crippen molar-refractivity contribution in [3.63, 3.8) is 0 Å². The van der Waals surface area contributed by atoms with Crippen molar-refractivity contribution in [3.05, 3.63) is 33.6 Å². The molecule has 3 N–H and O–H groups in total. The predicted molar refractivity (Wildman–Crippen MR) is 111 cm³/mol. The van der Waals surface area contributed by atoms with Gasteiger partial charge < -0.3 is 20.5 Å². The standard InChI is InChI=1S/C21H21F2N3O4S/c1-26(2)9-3-7-20(29,11-27)8-6-13-4-5-15-14(10-13)16-17(21(22,23)12-30-15)31-19(25-16)18(24)28/h4-5,10-11,29H,3,7,9,12H2,1-2H3,(H2,24,28)/t20-/m1/s1. The lowest BCUT2D eigenvalue weighted by molar-refractivity contribution is -0.119. The smallest absolute Gasteiger partial charge is 0.317 e. The number of hydrogen-bond acceptors (Lipinski definition) is 7. The van der Waals surface area contributed by atoms with Crippen LogP contribution in [0.1, 0.15) is 33.1 Å². The summed E-state index contributed by atoms with van der Waals surface area (Å²) in [6.07, 6.45) is 1.10. The van der Waals surface area contributed by atoms with Crippen LogP contribution in [0.5, 0.6) is 5.75 Å². The molecule has 1 aliphatic rings. The number of thiazole rings is 1. The number of nitrogens with two attached hydrogens (primary N) is 1. The molecule has 10 heteroatoms. The number of aromatic nitrogens is 1. The van der Waals surface area contributed by atoms with Gasteiger partial charge in [-0.1, -0.05) is 11.8 Å². The lowest BCUT2D eigenvalue weighted by Gasteiger charge is -2.16. The number of carbonyl (C=O) groups is 2. The van der Waals surface area contributed by atoms with Gasteiger partial charge in [-0.05, 0) is 51.7 Å². The van der Waals surface area contributed by atoms with Crippen molar-refractivity contribution < 1.29 is 28.2 Å². The lowest BCUT2D eigenvalue weighted by atomic mass is 9.99. The number of aldehydes is 1. The summed E-state index contributed by atoms with van der Waals surface area (Å²) in [5.41, 5.74) is 3.88. The minimum atomic E-state index is -3.35. The summed E-state index contributed by atoms with van der Waals surface area (Å²) >= 11 is 0.524. The third-order valence-electron chi connectivity index (χ3n) is 4.60. The molecule has 7 nitrogen and oxygen atoms in total. The highest BCUT2D eigenvalue weighted by atomic mass is 32.1. The Labute approximate surface area is 181 Å². The van der Waals surface area contributed by atoms with Gasteiger partial charge in [0.05, 0.1) is 5.69 Å². The van der Waals surface area contributed by atoms with Crippen LogP contribution in [-0.2, 0) is 10.7 Å². The number of halogens is 2. The van der Waals surface area contributed by atoms with Crippen LogP contribution in [0.25, 0.3) is 11.3 Å². The molecule has 3 rings (SSSR count). The van der Waals surface area contributed by atoms with Crippen molar-refractivity contribution in [1.29, 1.82) is 0 Å². The van der Waals surface area contributed by atoms with Gasteiger partial charge in [-0.3, -0.25) is 9.59 Å². The van der Waals surface area contributed by atoms with Gasteiger partial charge >= 0.3 is 5.92 Å². The van der Waals surface area contributed by atoms with E-state index in [0.29, 0.717) is 36.2 Å². The summed E-state index contributed by atoms with van der Waals surface area (Å²) in [6.45, 7) is -0.230. The number of aliphatic hydroxyl groups is 1. The summed E-state index contributed by atoms with van der Waals surface area (Å²) in [4.78, 5) is 28.4. The molecule has 0 unspecified atom stereocenters. The third-order valence-corrected chi connectivity index (χ3v) is 5.78. The molecule has 1 aromatic carbocycles. The Kier molecular flexibility index (Phi) is 6.40. The maximum absolute atomic E-state index is 14.5. The fourth-order valence-corrected chi connectivity index (χ4v) is 3.90. The predicted octanol–water partition coefficient (Wildman–Crippen LogP) is 2.02. The topological polar surface area (TPSA) is 106 Å². The number of nitrogens with zero attached hydrogens (tertiary/aromatic N) is 2. The molecule has 1 aromatic heterocycles. The number of carbonyl (C=O) groups excluding carboxylic acids is 2. The Bertz CT molecular complexity index is 1070. The van der Waals surface area contributed by atoms with E-state index in [4.69, 9.17) is 10.5 Å². The Morgan fingerprint density at radius 1 is 1.48 bits per heavy atom. The molecule has 164 valence electrons. The van der Waals surface area contributed by atoms with E-state index in [2.05, 4.69) is 16.8 Å². The first-order valence-electron chi connectivity index (χ1n) is 9.37. The molecule has 1 aliphatic heterocycles. The van der Waals surface area contributed by atoms with Crippen LogP contribution in [0.2, 0.25) is 0 Å². The molecule has 1 atom stereocenters. The molecule has 2 aromatic rings. The van der Waals surface area contributed by atoms with Crippen molar-refractivity contribution in [2.75, 3.05) is 27.2 Å². The second-order valence-electron chi connectivity index (χ2n) is 7.46. The molecule has 0 saturated carbocycles. The average Bonchev–Trinajstić information content (AvgIpc) is 3.14. The van der Waals surface area contributed by atoms with Gasteiger partial charge in [0.15, 0.2) is 23.5 Å². The van der Waals surface area contributed by atoms with Crippen molar-refractivity contribution >= 4 is 23.5 Å². The van der Waals surface area contributed by atoms with Crippen LogP contribution in [-0.4, -0.2) is 60.0 Å². The fraction of sp³-hybridized carbons (Fsp3) is 0.381. The highest BCUT2D eigenvalue weighted by molar-refractivity contribution is 7.14. The highest BCUT2D eigenvalue weighted by Gasteiger charge is 2.42. The van der Waals surface area contributed by atoms with Crippen LogP contribution in [0, 0.1) is 11.8 Å². The van der Waals surface area contributed by atoms with E-state index in [1.54, 1.807) is 0 Å². The minimum Gasteiger partial charge on any atom is -0.486 e. The van der Waals surface area contributed by atoms with E-state index in [0.717, 1.165) is 0 Å². The van der Waals surface area contributed by atoms with E-state index < -0.39 is 28.9 Å². The monoisotopic (exact) mass is 449 g/mol. The van der Waals surface area contributed by atoms with Gasteiger partial charge in [-0.15, -0.1) is 11.3 Å². The maximum Gasteiger partial charge on any atom is 0.317 e. The lowest BCUT2D eigenvalue weighted by Crippen LogP contribution is -2.29. The van der Waals surface area contributed by atoms with Crippen LogP contribution in [0.3, 0.4) is 0 Å². The third kappa shape index (κ3) is 5.07. The molecule has 0 fully saturated rings. The Balaban J connectivity index is 1.98.